The fourth-order valence-electron chi connectivity index (χ4n) is 2.73. The van der Waals surface area contributed by atoms with Crippen LogP contribution in [0.3, 0.4) is 0 Å². The molecular formula is C15H19NO3S. The van der Waals surface area contributed by atoms with Gasteiger partial charge in [0.05, 0.1) is 0 Å². The number of amides is 1. The fourth-order valence-corrected chi connectivity index (χ4v) is 3.83. The Morgan fingerprint density at radius 3 is 2.80 bits per heavy atom. The van der Waals surface area contributed by atoms with Crippen molar-refractivity contribution in [1.82, 2.24) is 5.32 Å². The van der Waals surface area contributed by atoms with E-state index in [9.17, 15) is 14.7 Å². The Morgan fingerprint density at radius 2 is 2.25 bits per heavy atom. The van der Waals surface area contributed by atoms with Crippen LogP contribution in [0.15, 0.2) is 11.4 Å². The summed E-state index contributed by atoms with van der Waals surface area (Å²) in [5.74, 6) is -0.240. The molecule has 3 unspecified atom stereocenters. The lowest BCUT2D eigenvalue weighted by atomic mass is 10.1. The van der Waals surface area contributed by atoms with Gasteiger partial charge in [-0.3, -0.25) is 4.79 Å². The summed E-state index contributed by atoms with van der Waals surface area (Å²) >= 11 is 1.69. The van der Waals surface area contributed by atoms with Crippen molar-refractivity contribution in [2.45, 2.75) is 44.6 Å². The third-order valence-corrected chi connectivity index (χ3v) is 5.40. The van der Waals surface area contributed by atoms with Gasteiger partial charge in [-0.05, 0) is 42.7 Å². The third kappa shape index (κ3) is 2.87. The molecule has 108 valence electrons. The zero-order valence-corrected chi connectivity index (χ0v) is 12.3. The van der Waals surface area contributed by atoms with Crippen LogP contribution in [0.25, 0.3) is 0 Å². The zero-order chi connectivity index (χ0) is 14.3. The Balaban J connectivity index is 1.57. The molecule has 5 heteroatoms. The monoisotopic (exact) mass is 293 g/mol. The fraction of sp³-hybridized carbons (Fsp3) is 0.600. The minimum Gasteiger partial charge on any atom is -0.480 e. The zero-order valence-electron chi connectivity index (χ0n) is 11.5. The van der Waals surface area contributed by atoms with Gasteiger partial charge in [-0.25, -0.2) is 4.79 Å². The topological polar surface area (TPSA) is 66.4 Å². The van der Waals surface area contributed by atoms with Crippen LogP contribution in [0.5, 0.6) is 0 Å². The molecule has 1 aromatic heterocycles. The molecule has 2 N–H and O–H groups in total. The summed E-state index contributed by atoms with van der Waals surface area (Å²) in [6, 6.07) is 1.36. The molecule has 4 nitrogen and oxygen atoms in total. The molecule has 3 rings (SSSR count). The molecule has 3 atom stereocenters. The molecule has 2 aliphatic carbocycles. The van der Waals surface area contributed by atoms with Crippen molar-refractivity contribution in [3.05, 3.63) is 21.9 Å². The summed E-state index contributed by atoms with van der Waals surface area (Å²) in [6.45, 7) is 2.06. The van der Waals surface area contributed by atoms with E-state index in [-0.39, 0.29) is 11.8 Å². The molecule has 1 heterocycles. The van der Waals surface area contributed by atoms with E-state index in [2.05, 4.69) is 18.3 Å². The van der Waals surface area contributed by atoms with Crippen molar-refractivity contribution in [2.75, 3.05) is 0 Å². The van der Waals surface area contributed by atoms with Gasteiger partial charge < -0.3 is 10.4 Å². The first-order valence-corrected chi connectivity index (χ1v) is 8.01. The van der Waals surface area contributed by atoms with Crippen LogP contribution in [0.4, 0.5) is 0 Å². The van der Waals surface area contributed by atoms with Crippen LogP contribution >= 0.6 is 11.3 Å². The minimum absolute atomic E-state index is 0.0339. The number of nitrogens with one attached hydrogen (secondary N) is 1. The van der Waals surface area contributed by atoms with Crippen molar-refractivity contribution >= 4 is 23.2 Å². The molecule has 2 saturated carbocycles. The highest BCUT2D eigenvalue weighted by atomic mass is 32.1. The molecule has 0 aliphatic heterocycles. The minimum atomic E-state index is -0.908. The van der Waals surface area contributed by atoms with E-state index in [0.717, 1.165) is 19.3 Å². The summed E-state index contributed by atoms with van der Waals surface area (Å²) in [6.07, 6.45) is 3.62. The maximum absolute atomic E-state index is 12.2. The van der Waals surface area contributed by atoms with Gasteiger partial charge >= 0.3 is 5.97 Å². The van der Waals surface area contributed by atoms with Crippen molar-refractivity contribution in [3.63, 3.8) is 0 Å². The highest BCUT2D eigenvalue weighted by Gasteiger charge is 2.46. The lowest BCUT2D eigenvalue weighted by molar-refractivity contribution is -0.142. The predicted molar refractivity (Wildman–Crippen MR) is 76.8 cm³/mol. The summed E-state index contributed by atoms with van der Waals surface area (Å²) in [5, 5.41) is 14.0. The molecule has 2 aliphatic rings. The number of thiophene rings is 1. The number of carbonyl (C=O) groups is 2. The Hall–Kier alpha value is -1.36. The molecule has 0 radical (unpaired) electrons. The van der Waals surface area contributed by atoms with Crippen molar-refractivity contribution in [3.8, 4) is 0 Å². The lowest BCUT2D eigenvalue weighted by Crippen LogP contribution is -2.42. The summed E-state index contributed by atoms with van der Waals surface area (Å²) in [7, 11) is 0. The van der Waals surface area contributed by atoms with Gasteiger partial charge in [-0.15, -0.1) is 11.3 Å². The third-order valence-electron chi connectivity index (χ3n) is 4.25. The van der Waals surface area contributed by atoms with E-state index in [1.54, 1.807) is 11.3 Å². The first-order chi connectivity index (χ1) is 9.56. The van der Waals surface area contributed by atoms with Gasteiger partial charge in [0.25, 0.3) is 0 Å². The quantitative estimate of drug-likeness (QED) is 0.847. The number of rotatable bonds is 6. The SMILES string of the molecule is Cc1ccsc1C1CC1C(=O)NC(CC1CC1)C(=O)O. The summed E-state index contributed by atoms with van der Waals surface area (Å²) in [4.78, 5) is 24.6. The molecule has 1 aromatic rings. The molecular weight excluding hydrogens is 274 g/mol. The van der Waals surface area contributed by atoms with Crippen LogP contribution < -0.4 is 5.32 Å². The highest BCUT2D eigenvalue weighted by Crippen LogP contribution is 2.50. The van der Waals surface area contributed by atoms with Crippen LogP contribution in [0, 0.1) is 18.8 Å². The number of carboxylic acids is 1. The molecule has 0 saturated heterocycles. The average Bonchev–Trinajstić information content (AvgIpc) is 3.29. The molecule has 20 heavy (non-hydrogen) atoms. The van der Waals surface area contributed by atoms with Crippen LogP contribution in [0.1, 0.15) is 42.0 Å². The summed E-state index contributed by atoms with van der Waals surface area (Å²) in [5.41, 5.74) is 1.24. The maximum Gasteiger partial charge on any atom is 0.326 e. The first kappa shape index (κ1) is 13.6. The van der Waals surface area contributed by atoms with Gasteiger partial charge in [0, 0.05) is 16.7 Å². The first-order valence-electron chi connectivity index (χ1n) is 7.13. The Kier molecular flexibility index (Phi) is 3.54. The second-order valence-corrected chi connectivity index (χ2v) is 6.94. The smallest absolute Gasteiger partial charge is 0.326 e. The number of hydrogen-bond acceptors (Lipinski definition) is 3. The lowest BCUT2D eigenvalue weighted by Gasteiger charge is -2.14. The average molecular weight is 293 g/mol. The second-order valence-electron chi connectivity index (χ2n) is 6.00. The number of carbonyl (C=O) groups excluding carboxylic acids is 1. The molecule has 2 fully saturated rings. The van der Waals surface area contributed by atoms with E-state index in [1.807, 2.05) is 5.38 Å². The van der Waals surface area contributed by atoms with E-state index < -0.39 is 12.0 Å². The number of carboxylic acid groups (broad SMARTS) is 1. The summed E-state index contributed by atoms with van der Waals surface area (Å²) < 4.78 is 0. The normalized spacial score (nSPS) is 26.1. The van der Waals surface area contributed by atoms with Gasteiger partial charge in [-0.1, -0.05) is 12.8 Å². The van der Waals surface area contributed by atoms with Crippen molar-refractivity contribution < 1.29 is 14.7 Å². The second kappa shape index (κ2) is 5.20. The molecule has 0 spiro atoms. The van der Waals surface area contributed by atoms with Gasteiger partial charge in [-0.2, -0.15) is 0 Å². The van der Waals surface area contributed by atoms with E-state index in [4.69, 9.17) is 0 Å². The van der Waals surface area contributed by atoms with Crippen molar-refractivity contribution in [2.24, 2.45) is 11.8 Å². The van der Waals surface area contributed by atoms with Crippen LogP contribution in [0.2, 0.25) is 0 Å². The Labute approximate surface area is 122 Å². The molecule has 1 amide bonds. The van der Waals surface area contributed by atoms with Gasteiger partial charge in [0.15, 0.2) is 0 Å². The van der Waals surface area contributed by atoms with Gasteiger partial charge in [0.2, 0.25) is 5.91 Å². The Morgan fingerprint density at radius 1 is 1.50 bits per heavy atom. The molecule has 0 aromatic carbocycles. The van der Waals surface area contributed by atoms with Crippen molar-refractivity contribution in [1.29, 1.82) is 0 Å². The molecule has 0 bridgehead atoms. The standard InChI is InChI=1S/C15H19NO3S/c1-8-4-5-20-13(8)10-7-11(10)14(17)16-12(15(18)19)6-9-2-3-9/h4-5,9-12H,2-3,6-7H2,1H3,(H,16,17)(H,18,19). The predicted octanol–water partition coefficient (Wildman–Crippen LogP) is 2.53. The number of aryl methyl sites for hydroxylation is 1. The number of aliphatic carboxylic acids is 1. The highest BCUT2D eigenvalue weighted by molar-refractivity contribution is 7.10. The van der Waals surface area contributed by atoms with Crippen LogP contribution in [-0.4, -0.2) is 23.0 Å². The Bertz CT molecular complexity index is 535. The van der Waals surface area contributed by atoms with E-state index in [0.29, 0.717) is 18.3 Å². The number of hydrogen-bond donors (Lipinski definition) is 2. The largest absolute Gasteiger partial charge is 0.480 e. The van der Waals surface area contributed by atoms with E-state index in [1.165, 1.54) is 10.4 Å². The van der Waals surface area contributed by atoms with Crippen LogP contribution in [-0.2, 0) is 9.59 Å². The van der Waals surface area contributed by atoms with E-state index >= 15 is 0 Å². The van der Waals surface area contributed by atoms with Gasteiger partial charge in [0.1, 0.15) is 6.04 Å². The maximum atomic E-state index is 12.2.